The number of hydrogen-bond donors (Lipinski definition) is 1. The summed E-state index contributed by atoms with van der Waals surface area (Å²) in [5.41, 5.74) is -0.0741. The summed E-state index contributed by atoms with van der Waals surface area (Å²) in [6.45, 7) is 0. The van der Waals surface area contributed by atoms with Gasteiger partial charge in [0.1, 0.15) is 11.6 Å². The van der Waals surface area contributed by atoms with Gasteiger partial charge in [0, 0.05) is 11.6 Å². The van der Waals surface area contributed by atoms with Crippen molar-refractivity contribution in [1.82, 2.24) is 0 Å². The maximum absolute atomic E-state index is 12.5. The first-order valence-corrected chi connectivity index (χ1v) is 3.17. The maximum atomic E-state index is 12.5. The SMILES string of the molecule is N#C[C@H](O)c1cc(F)cc(F)c1. The molecule has 1 rings (SSSR count). The van der Waals surface area contributed by atoms with E-state index in [-0.39, 0.29) is 5.56 Å². The number of rotatable bonds is 1. The predicted molar refractivity (Wildman–Crippen MR) is 36.9 cm³/mol. The van der Waals surface area contributed by atoms with Gasteiger partial charge in [-0.25, -0.2) is 8.78 Å². The Morgan fingerprint density at radius 1 is 1.25 bits per heavy atom. The second kappa shape index (κ2) is 3.28. The summed E-state index contributed by atoms with van der Waals surface area (Å²) in [6, 6.07) is 3.96. The van der Waals surface area contributed by atoms with E-state index in [2.05, 4.69) is 0 Å². The number of aliphatic hydroxyl groups is 1. The summed E-state index contributed by atoms with van der Waals surface area (Å²) in [6.07, 6.45) is -1.48. The van der Waals surface area contributed by atoms with E-state index in [9.17, 15) is 8.78 Å². The van der Waals surface area contributed by atoms with Crippen molar-refractivity contribution in [2.24, 2.45) is 0 Å². The normalized spacial score (nSPS) is 12.2. The first-order chi connectivity index (χ1) is 5.63. The monoisotopic (exact) mass is 169 g/mol. The number of aliphatic hydroxyl groups excluding tert-OH is 1. The molecule has 0 spiro atoms. The van der Waals surface area contributed by atoms with Crippen molar-refractivity contribution in [3.05, 3.63) is 35.4 Å². The van der Waals surface area contributed by atoms with Gasteiger partial charge in [-0.05, 0) is 12.1 Å². The van der Waals surface area contributed by atoms with Crippen LogP contribution in [0.2, 0.25) is 0 Å². The largest absolute Gasteiger partial charge is 0.374 e. The van der Waals surface area contributed by atoms with Crippen LogP contribution in [0.3, 0.4) is 0 Å². The lowest BCUT2D eigenvalue weighted by Crippen LogP contribution is -1.95. The smallest absolute Gasteiger partial charge is 0.166 e. The van der Waals surface area contributed by atoms with Crippen LogP contribution < -0.4 is 0 Å². The number of hydrogen-bond acceptors (Lipinski definition) is 2. The Morgan fingerprint density at radius 3 is 2.17 bits per heavy atom. The van der Waals surface area contributed by atoms with Gasteiger partial charge in [-0.2, -0.15) is 5.26 Å². The molecule has 0 bridgehead atoms. The van der Waals surface area contributed by atoms with Crippen LogP contribution >= 0.6 is 0 Å². The van der Waals surface area contributed by atoms with E-state index in [1.165, 1.54) is 6.07 Å². The predicted octanol–water partition coefficient (Wildman–Crippen LogP) is 1.52. The molecule has 0 aliphatic rings. The Hall–Kier alpha value is -1.47. The average Bonchev–Trinajstić information content (AvgIpc) is 2.01. The Balaban J connectivity index is 3.10. The molecule has 0 aliphatic carbocycles. The summed E-state index contributed by atoms with van der Waals surface area (Å²) >= 11 is 0. The highest BCUT2D eigenvalue weighted by Gasteiger charge is 2.08. The van der Waals surface area contributed by atoms with E-state index in [1.807, 2.05) is 0 Å². The second-order valence-electron chi connectivity index (χ2n) is 2.23. The molecule has 0 aromatic heterocycles. The lowest BCUT2D eigenvalue weighted by Gasteiger charge is -2.01. The fourth-order valence-electron chi connectivity index (χ4n) is 0.808. The lowest BCUT2D eigenvalue weighted by molar-refractivity contribution is 0.235. The highest BCUT2D eigenvalue weighted by molar-refractivity contribution is 5.23. The molecular formula is C8H5F2NO. The molecule has 2 nitrogen and oxygen atoms in total. The summed E-state index contributed by atoms with van der Waals surface area (Å²) in [5, 5.41) is 17.1. The van der Waals surface area contributed by atoms with Crippen LogP contribution in [0.25, 0.3) is 0 Å². The van der Waals surface area contributed by atoms with Crippen LogP contribution in [0.5, 0.6) is 0 Å². The molecule has 0 aliphatic heterocycles. The fraction of sp³-hybridized carbons (Fsp3) is 0.125. The minimum Gasteiger partial charge on any atom is -0.374 e. The quantitative estimate of drug-likeness (QED) is 0.647. The van der Waals surface area contributed by atoms with Gasteiger partial charge in [0.2, 0.25) is 0 Å². The Bertz CT molecular complexity index is 312. The minimum atomic E-state index is -1.48. The maximum Gasteiger partial charge on any atom is 0.166 e. The van der Waals surface area contributed by atoms with Crippen molar-refractivity contribution in [3.8, 4) is 6.07 Å². The average molecular weight is 169 g/mol. The first kappa shape index (κ1) is 8.62. The van der Waals surface area contributed by atoms with Gasteiger partial charge in [0.25, 0.3) is 0 Å². The molecule has 0 fully saturated rings. The minimum absolute atomic E-state index is 0.0741. The van der Waals surface area contributed by atoms with Gasteiger partial charge >= 0.3 is 0 Å². The molecule has 0 amide bonds. The molecule has 0 unspecified atom stereocenters. The Morgan fingerprint density at radius 2 is 1.75 bits per heavy atom. The van der Waals surface area contributed by atoms with Crippen molar-refractivity contribution >= 4 is 0 Å². The third kappa shape index (κ3) is 1.77. The van der Waals surface area contributed by atoms with E-state index in [0.717, 1.165) is 12.1 Å². The summed E-state index contributed by atoms with van der Waals surface area (Å²) < 4.78 is 24.9. The van der Waals surface area contributed by atoms with E-state index >= 15 is 0 Å². The molecule has 4 heteroatoms. The summed E-state index contributed by atoms with van der Waals surface area (Å²) in [5.74, 6) is -1.61. The van der Waals surface area contributed by atoms with Crippen LogP contribution in [-0.2, 0) is 0 Å². The van der Waals surface area contributed by atoms with Crippen molar-refractivity contribution in [1.29, 1.82) is 5.26 Å². The zero-order valence-electron chi connectivity index (χ0n) is 5.96. The topological polar surface area (TPSA) is 44.0 Å². The summed E-state index contributed by atoms with van der Waals surface area (Å²) in [7, 11) is 0. The second-order valence-corrected chi connectivity index (χ2v) is 2.23. The van der Waals surface area contributed by atoms with Gasteiger partial charge in [0.15, 0.2) is 6.10 Å². The van der Waals surface area contributed by atoms with Crippen LogP contribution in [0.1, 0.15) is 11.7 Å². The third-order valence-electron chi connectivity index (χ3n) is 1.32. The van der Waals surface area contributed by atoms with Gasteiger partial charge in [0.05, 0.1) is 6.07 Å². The first-order valence-electron chi connectivity index (χ1n) is 3.17. The molecule has 1 aromatic rings. The molecule has 1 N–H and O–H groups in total. The lowest BCUT2D eigenvalue weighted by atomic mass is 10.1. The Kier molecular flexibility index (Phi) is 2.36. The number of nitrogens with zero attached hydrogens (tertiary/aromatic N) is 1. The van der Waals surface area contributed by atoms with Crippen LogP contribution in [0, 0.1) is 23.0 Å². The molecule has 12 heavy (non-hydrogen) atoms. The van der Waals surface area contributed by atoms with E-state index in [4.69, 9.17) is 10.4 Å². The highest BCUT2D eigenvalue weighted by Crippen LogP contribution is 2.14. The van der Waals surface area contributed by atoms with E-state index < -0.39 is 17.7 Å². The molecule has 0 saturated carbocycles. The number of nitriles is 1. The van der Waals surface area contributed by atoms with Gasteiger partial charge < -0.3 is 5.11 Å². The molecule has 0 radical (unpaired) electrons. The Labute approximate surface area is 67.7 Å². The van der Waals surface area contributed by atoms with E-state index in [0.29, 0.717) is 6.07 Å². The van der Waals surface area contributed by atoms with Crippen LogP contribution in [0.4, 0.5) is 8.78 Å². The van der Waals surface area contributed by atoms with Crippen molar-refractivity contribution in [2.75, 3.05) is 0 Å². The van der Waals surface area contributed by atoms with E-state index in [1.54, 1.807) is 0 Å². The standard InChI is InChI=1S/C8H5F2NO/c9-6-1-5(8(12)4-11)2-7(10)3-6/h1-3,8,12H/t8-/m0/s1. The van der Waals surface area contributed by atoms with Crippen molar-refractivity contribution in [2.45, 2.75) is 6.10 Å². The molecule has 62 valence electrons. The van der Waals surface area contributed by atoms with Crippen molar-refractivity contribution in [3.63, 3.8) is 0 Å². The van der Waals surface area contributed by atoms with Crippen LogP contribution in [-0.4, -0.2) is 5.11 Å². The number of benzene rings is 1. The van der Waals surface area contributed by atoms with Gasteiger partial charge in [-0.15, -0.1) is 0 Å². The molecular weight excluding hydrogens is 164 g/mol. The zero-order chi connectivity index (χ0) is 9.14. The van der Waals surface area contributed by atoms with Crippen LogP contribution in [0.15, 0.2) is 18.2 Å². The highest BCUT2D eigenvalue weighted by atomic mass is 19.1. The zero-order valence-corrected chi connectivity index (χ0v) is 5.96. The number of halogens is 2. The van der Waals surface area contributed by atoms with Gasteiger partial charge in [-0.3, -0.25) is 0 Å². The van der Waals surface area contributed by atoms with Gasteiger partial charge in [-0.1, -0.05) is 0 Å². The third-order valence-corrected chi connectivity index (χ3v) is 1.32. The molecule has 1 atom stereocenters. The molecule has 0 saturated heterocycles. The van der Waals surface area contributed by atoms with Crippen molar-refractivity contribution < 1.29 is 13.9 Å². The fourth-order valence-corrected chi connectivity index (χ4v) is 0.808. The molecule has 1 aromatic carbocycles. The molecule has 0 heterocycles. The summed E-state index contributed by atoms with van der Waals surface area (Å²) in [4.78, 5) is 0.